The Morgan fingerprint density at radius 1 is 0.566 bits per heavy atom. The van der Waals surface area contributed by atoms with E-state index in [0.29, 0.717) is 63.4 Å². The van der Waals surface area contributed by atoms with Crippen LogP contribution in [0.5, 0.6) is 0 Å². The summed E-state index contributed by atoms with van der Waals surface area (Å²) in [5.41, 5.74) is 37.7. The number of hydroxylamine groups is 1. The van der Waals surface area contributed by atoms with E-state index in [1.54, 1.807) is 44.2 Å². The summed E-state index contributed by atoms with van der Waals surface area (Å²) in [4.78, 5) is 187. The lowest BCUT2D eigenvalue weighted by Gasteiger charge is -2.29. The Morgan fingerprint density at radius 3 is 1.53 bits per heavy atom. The van der Waals surface area contributed by atoms with Gasteiger partial charge >= 0.3 is 11.9 Å². The molecule has 0 radical (unpaired) electrons. The lowest BCUT2D eigenvalue weighted by atomic mass is 9.99. The van der Waals surface area contributed by atoms with Gasteiger partial charge in [0.15, 0.2) is 0 Å². The van der Waals surface area contributed by atoms with Crippen molar-refractivity contribution in [2.75, 3.05) is 50.8 Å². The number of amides is 11. The molecule has 25 N–H and O–H groups in total. The van der Waals surface area contributed by atoms with Crippen molar-refractivity contribution in [1.29, 1.82) is 0 Å². The zero-order valence-corrected chi connectivity index (χ0v) is 59.4. The van der Waals surface area contributed by atoms with Crippen molar-refractivity contribution in [3.8, 4) is 0 Å². The average molecular weight is 1440 g/mol. The molecule has 35 heteroatoms. The highest BCUT2D eigenvalue weighted by molar-refractivity contribution is 8.76. The Bertz CT molecular complexity index is 2730. The van der Waals surface area contributed by atoms with Crippen LogP contribution < -0.4 is 93.0 Å². The summed E-state index contributed by atoms with van der Waals surface area (Å²) in [5, 5.41) is 46.7. The fourth-order valence-electron chi connectivity index (χ4n) is 10.2. The third kappa shape index (κ3) is 34.1. The van der Waals surface area contributed by atoms with E-state index in [1.807, 2.05) is 13.8 Å². The van der Waals surface area contributed by atoms with Crippen LogP contribution in [0.15, 0.2) is 30.3 Å². The zero-order chi connectivity index (χ0) is 74.0. The molecule has 11 amide bonds. The molecule has 0 unspecified atom stereocenters. The van der Waals surface area contributed by atoms with E-state index in [0.717, 1.165) is 21.6 Å². The molecule has 1 saturated heterocycles. The first-order chi connectivity index (χ1) is 47.2. The van der Waals surface area contributed by atoms with Gasteiger partial charge in [0.2, 0.25) is 65.0 Å². The van der Waals surface area contributed by atoms with Crippen molar-refractivity contribution < 1.29 is 77.4 Å². The van der Waals surface area contributed by atoms with E-state index < -0.39 is 162 Å². The van der Waals surface area contributed by atoms with Crippen LogP contribution in [-0.4, -0.2) is 204 Å². The second kappa shape index (κ2) is 49.3. The maximum atomic E-state index is 14.8. The van der Waals surface area contributed by atoms with Crippen molar-refractivity contribution in [2.24, 2.45) is 52.2 Å². The minimum Gasteiger partial charge on any atom is -0.480 e. The average Bonchev–Trinajstić information content (AvgIpc) is 1.12. The number of hydrogen-bond donors (Lipinski definition) is 19. The van der Waals surface area contributed by atoms with E-state index >= 15 is 0 Å². The second-order valence-electron chi connectivity index (χ2n) is 25.0. The van der Waals surface area contributed by atoms with Gasteiger partial charge in [-0.25, -0.2) is 4.79 Å². The molecular weight excluding hydrogens is 1330 g/mol. The van der Waals surface area contributed by atoms with Gasteiger partial charge in [0.25, 0.3) is 0 Å². The second-order valence-corrected chi connectivity index (χ2v) is 27.6. The SMILES string of the molecule is CC[C@H](C)[C@H](NOC(=O)[C@H](CCCCN)NC(=O)CNC(=O)[C@@H](NC(=O)[C@H](CCCCN)NC(=O)[C@@H]1CSSC[C@H](C(N)=O)C(=O)N[C@@H](CCCCN)C(=O)N[C@@H](Cc2ccccc2)C(=O)N[C@@H](CC(C)C)C(=O)N[C@@H](CCCCN)C(=O)N[C@@H](CCCCN)C(=O)N1)[C@@H](C)O)C(=O)O. The van der Waals surface area contributed by atoms with E-state index in [2.05, 4.69) is 58.6 Å². The van der Waals surface area contributed by atoms with Crippen LogP contribution in [0.4, 0.5) is 0 Å². The summed E-state index contributed by atoms with van der Waals surface area (Å²) in [6.07, 6.45) is 2.16. The molecule has 1 aromatic carbocycles. The summed E-state index contributed by atoms with van der Waals surface area (Å²) >= 11 is 0. The first-order valence-corrected chi connectivity index (χ1v) is 36.6. The molecule has 33 nitrogen and oxygen atoms in total. The first kappa shape index (κ1) is 87.8. The number of unbranched alkanes of at least 4 members (excludes halogenated alkanes) is 5. The molecule has 0 aliphatic carbocycles. The van der Waals surface area contributed by atoms with Gasteiger partial charge < -0.3 is 103 Å². The summed E-state index contributed by atoms with van der Waals surface area (Å²) in [6.45, 7) is 8.44. The van der Waals surface area contributed by atoms with Crippen LogP contribution in [0.1, 0.15) is 149 Å². The number of hydrogen-bond acceptors (Lipinski definition) is 23. The number of aliphatic hydroxyl groups is 1. The Morgan fingerprint density at radius 2 is 1.03 bits per heavy atom. The highest BCUT2D eigenvalue weighted by atomic mass is 33.1. The van der Waals surface area contributed by atoms with E-state index in [4.69, 9.17) is 39.2 Å². The molecule has 1 heterocycles. The van der Waals surface area contributed by atoms with Gasteiger partial charge in [-0.15, -0.1) is 5.48 Å². The Hall–Kier alpha value is -7.25. The van der Waals surface area contributed by atoms with E-state index in [-0.39, 0.29) is 108 Å². The summed E-state index contributed by atoms with van der Waals surface area (Å²) in [5.74, 6) is -15.4. The number of aliphatic carboxylic acids is 1. The predicted molar refractivity (Wildman–Crippen MR) is 374 cm³/mol. The van der Waals surface area contributed by atoms with Gasteiger partial charge in [0.05, 0.1) is 12.6 Å². The normalized spacial score (nSPS) is 21.2. The van der Waals surface area contributed by atoms with Crippen LogP contribution in [0, 0.1) is 17.8 Å². The first-order valence-electron chi connectivity index (χ1n) is 34.1. The topological polar surface area (TPSA) is 560 Å². The number of carbonyl (C=O) groups is 13. The van der Waals surface area contributed by atoms with Gasteiger partial charge in [-0.05, 0) is 160 Å². The standard InChI is InChI=1S/C64H111N17O16S2/c1-6-38(4)51(63(94)95)81-97-64(96)46(26-14-19-31-69)72-50(83)34-71-62(93)52(39(5)82)80-58(89)45(25-13-18-30-68)76-61(92)49-36-99-98-35-41(53(70)84)54(85)73-42(22-10-15-27-65)56(87)78-48(33-40-20-8-7-9-21-40)60(91)77-47(32-37(2)3)59(90)75-43(23-11-16-28-66)55(86)74-44(57(88)79-49)24-12-17-29-67/h7-9,20-21,37-39,41-49,51-52,81-82H,6,10-19,22-36,65-69H2,1-5H3,(H2,70,84)(H,71,93)(H,72,83)(H,73,85)(H,74,86)(H,75,90)(H,76,92)(H,77,91)(H,78,87)(H,79,88)(H,80,89)(H,94,95)/t38-,39+,41+,42-,43-,44-,45-,46-,47-,48-,49-,51-,52-/m0/s1. The fraction of sp³-hybridized carbons (Fsp3) is 0.703. The molecule has 0 bridgehead atoms. The highest BCUT2D eigenvalue weighted by Gasteiger charge is 2.38. The molecule has 99 heavy (non-hydrogen) atoms. The van der Waals surface area contributed by atoms with E-state index in [9.17, 15) is 72.5 Å². The number of carboxylic acid groups (broad SMARTS) is 1. The molecule has 560 valence electrons. The molecule has 1 aliphatic rings. The number of benzene rings is 1. The predicted octanol–water partition coefficient (Wildman–Crippen LogP) is -3.18. The van der Waals surface area contributed by atoms with Gasteiger partial charge in [-0.3, -0.25) is 57.5 Å². The smallest absolute Gasteiger partial charge is 0.347 e. The summed E-state index contributed by atoms with van der Waals surface area (Å²) < 4.78 is 0. The number of primary amides is 1. The van der Waals surface area contributed by atoms with Crippen LogP contribution in [0.25, 0.3) is 0 Å². The van der Waals surface area contributed by atoms with Crippen molar-refractivity contribution in [3.63, 3.8) is 0 Å². The molecular formula is C64H111N17O16S2. The zero-order valence-electron chi connectivity index (χ0n) is 57.7. The molecule has 2 rings (SSSR count). The number of nitrogens with two attached hydrogens (primary N) is 6. The number of carboxylic acids is 1. The summed E-state index contributed by atoms with van der Waals surface area (Å²) in [6, 6.07) is -5.48. The largest absolute Gasteiger partial charge is 0.480 e. The number of nitrogens with one attached hydrogen (secondary N) is 11. The Kier molecular flexibility index (Phi) is 43.8. The number of aliphatic hydroxyl groups excluding tert-OH is 1. The van der Waals surface area contributed by atoms with Gasteiger partial charge in [0.1, 0.15) is 66.3 Å². The van der Waals surface area contributed by atoms with Crippen LogP contribution in [-0.2, 0) is 73.6 Å². The minimum absolute atomic E-state index is 0.00431. The van der Waals surface area contributed by atoms with Crippen molar-refractivity contribution in [3.05, 3.63) is 35.9 Å². The Balaban J connectivity index is 2.72. The molecule has 0 saturated carbocycles. The molecule has 1 aromatic rings. The fourth-order valence-corrected chi connectivity index (χ4v) is 12.6. The third-order valence-corrected chi connectivity index (χ3v) is 18.7. The third-order valence-electron chi connectivity index (χ3n) is 16.2. The maximum Gasteiger partial charge on any atom is 0.347 e. The van der Waals surface area contributed by atoms with Crippen LogP contribution in [0.3, 0.4) is 0 Å². The lowest BCUT2D eigenvalue weighted by molar-refractivity contribution is -0.162. The van der Waals surface area contributed by atoms with Gasteiger partial charge in [0, 0.05) is 17.9 Å². The molecule has 13 atom stereocenters. The van der Waals surface area contributed by atoms with Crippen molar-refractivity contribution in [2.45, 2.75) is 217 Å². The molecule has 0 aromatic heterocycles. The van der Waals surface area contributed by atoms with Gasteiger partial charge in [-0.1, -0.05) is 86.0 Å². The summed E-state index contributed by atoms with van der Waals surface area (Å²) in [7, 11) is 1.78. The van der Waals surface area contributed by atoms with Crippen LogP contribution in [0.2, 0.25) is 0 Å². The van der Waals surface area contributed by atoms with Crippen molar-refractivity contribution in [1.82, 2.24) is 58.6 Å². The number of carbonyl (C=O) groups excluding carboxylic acids is 12. The molecule has 1 aliphatic heterocycles. The monoisotopic (exact) mass is 1440 g/mol. The van der Waals surface area contributed by atoms with Crippen LogP contribution >= 0.6 is 21.6 Å². The quantitative estimate of drug-likeness (QED) is 0.0133. The lowest BCUT2D eigenvalue weighted by Crippen LogP contribution is -2.61. The molecule has 1 fully saturated rings. The maximum absolute atomic E-state index is 14.8. The minimum atomic E-state index is -1.78. The highest BCUT2D eigenvalue weighted by Crippen LogP contribution is 2.26. The van der Waals surface area contributed by atoms with Crippen molar-refractivity contribution >= 4 is 98.5 Å². The Labute approximate surface area is 587 Å². The van der Waals surface area contributed by atoms with Gasteiger partial charge in [-0.2, -0.15) is 0 Å². The molecule has 0 spiro atoms. The van der Waals surface area contributed by atoms with E-state index in [1.165, 1.54) is 6.92 Å². The number of rotatable bonds is 40.